The van der Waals surface area contributed by atoms with Crippen molar-refractivity contribution in [2.45, 2.75) is 37.7 Å². The molecule has 1 aliphatic carbocycles. The lowest BCUT2D eigenvalue weighted by Gasteiger charge is -2.20. The monoisotopic (exact) mass is 452 g/mol. The first-order valence-electron chi connectivity index (χ1n) is 11.2. The van der Waals surface area contributed by atoms with E-state index in [1.165, 1.54) is 12.8 Å². The number of thioether (sulfide) groups is 1. The van der Waals surface area contributed by atoms with Crippen LogP contribution in [0.1, 0.15) is 25.3 Å². The molecule has 2 aromatic rings. The maximum Gasteiger partial charge on any atom is 0.260 e. The third kappa shape index (κ3) is 4.86. The van der Waals surface area contributed by atoms with E-state index in [4.69, 9.17) is 9.47 Å². The van der Waals surface area contributed by atoms with Crippen molar-refractivity contribution >= 4 is 34.5 Å². The maximum atomic E-state index is 12.0. The molecular formula is C25H28N2O4S. The number of amides is 1. The van der Waals surface area contributed by atoms with Gasteiger partial charge in [0.15, 0.2) is 5.56 Å². The fourth-order valence-corrected chi connectivity index (χ4v) is 5.02. The maximum absolute atomic E-state index is 12.0. The van der Waals surface area contributed by atoms with E-state index in [1.807, 2.05) is 42.5 Å². The molecular weight excluding hydrogens is 424 g/mol. The van der Waals surface area contributed by atoms with Gasteiger partial charge in [0, 0.05) is 11.9 Å². The van der Waals surface area contributed by atoms with Gasteiger partial charge in [-0.1, -0.05) is 61.2 Å². The SMILES string of the molecule is CC1C=CC(CNC2OC2COc2ccc(/C=C3\SC(O)NC3=O)c3ccccc23)CC1. The zero-order chi connectivity index (χ0) is 22.1. The van der Waals surface area contributed by atoms with Gasteiger partial charge < -0.3 is 19.9 Å². The van der Waals surface area contributed by atoms with E-state index >= 15 is 0 Å². The van der Waals surface area contributed by atoms with Crippen molar-refractivity contribution in [1.82, 2.24) is 10.6 Å². The summed E-state index contributed by atoms with van der Waals surface area (Å²) in [6.45, 7) is 3.69. The van der Waals surface area contributed by atoms with Gasteiger partial charge in [0.05, 0.1) is 4.91 Å². The molecule has 1 amide bonds. The van der Waals surface area contributed by atoms with Crippen molar-refractivity contribution in [1.29, 1.82) is 0 Å². The Morgan fingerprint density at radius 3 is 2.81 bits per heavy atom. The van der Waals surface area contributed by atoms with Gasteiger partial charge >= 0.3 is 0 Å². The summed E-state index contributed by atoms with van der Waals surface area (Å²) in [5, 5.41) is 17.6. The molecule has 2 fully saturated rings. The standard InChI is InChI=1S/C25H28N2O4S/c1-15-6-8-16(9-7-15)13-26-24-21(31-24)14-30-20-11-10-17(18-4-2-3-5-19(18)20)12-22-23(28)27-25(29)32-22/h2-6,8,10-12,15-16,21,24-26,29H,7,9,13-14H2,1H3,(H,27,28)/b22-12-. The third-order valence-corrected chi connectivity index (χ3v) is 7.09. The zero-order valence-corrected chi connectivity index (χ0v) is 18.8. The predicted molar refractivity (Wildman–Crippen MR) is 127 cm³/mol. The van der Waals surface area contributed by atoms with Crippen molar-refractivity contribution in [2.75, 3.05) is 13.2 Å². The molecule has 168 valence electrons. The molecule has 2 saturated heterocycles. The normalized spacial score (nSPS) is 30.6. The molecule has 5 atom stereocenters. The largest absolute Gasteiger partial charge is 0.490 e. The van der Waals surface area contributed by atoms with Gasteiger partial charge in [0.2, 0.25) is 0 Å². The summed E-state index contributed by atoms with van der Waals surface area (Å²) in [6, 6.07) is 11.9. The Bertz CT molecular complexity index is 1070. The Balaban J connectivity index is 1.21. The first kappa shape index (κ1) is 21.5. The number of allylic oxidation sites excluding steroid dienone is 1. The van der Waals surface area contributed by atoms with Crippen LogP contribution < -0.4 is 15.4 Å². The van der Waals surface area contributed by atoms with E-state index in [1.54, 1.807) is 0 Å². The van der Waals surface area contributed by atoms with Gasteiger partial charge in [0.25, 0.3) is 5.91 Å². The van der Waals surface area contributed by atoms with E-state index in [0.717, 1.165) is 40.4 Å². The molecule has 2 aliphatic heterocycles. The molecule has 3 N–H and O–H groups in total. The fourth-order valence-electron chi connectivity index (χ4n) is 4.25. The number of fused-ring (bicyclic) bond motifs is 1. The highest BCUT2D eigenvalue weighted by molar-refractivity contribution is 8.05. The number of carbonyl (C=O) groups is 1. The van der Waals surface area contributed by atoms with Crippen LogP contribution in [0.4, 0.5) is 0 Å². The smallest absolute Gasteiger partial charge is 0.260 e. The van der Waals surface area contributed by atoms with Crippen LogP contribution in [0, 0.1) is 11.8 Å². The average molecular weight is 453 g/mol. The number of aliphatic hydroxyl groups excluding tert-OH is 1. The molecule has 5 rings (SSSR count). The van der Waals surface area contributed by atoms with Crippen LogP contribution >= 0.6 is 11.8 Å². The second-order valence-corrected chi connectivity index (χ2v) is 9.79. The molecule has 2 aromatic carbocycles. The Hall–Kier alpha value is -2.32. The lowest BCUT2D eigenvalue weighted by molar-refractivity contribution is -0.117. The van der Waals surface area contributed by atoms with Gasteiger partial charge in [-0.05, 0) is 47.8 Å². The third-order valence-electron chi connectivity index (χ3n) is 6.19. The predicted octanol–water partition coefficient (Wildman–Crippen LogP) is 3.62. The lowest BCUT2D eigenvalue weighted by Crippen LogP contribution is -2.28. The Kier molecular flexibility index (Phi) is 6.24. The second-order valence-electron chi connectivity index (χ2n) is 8.66. The van der Waals surface area contributed by atoms with Crippen LogP contribution in [0.15, 0.2) is 53.5 Å². The van der Waals surface area contributed by atoms with Crippen molar-refractivity contribution in [3.63, 3.8) is 0 Å². The number of ether oxygens (including phenoxy) is 2. The van der Waals surface area contributed by atoms with Gasteiger partial charge in [-0.15, -0.1) is 0 Å². The summed E-state index contributed by atoms with van der Waals surface area (Å²) >= 11 is 1.12. The minimum Gasteiger partial charge on any atom is -0.490 e. The van der Waals surface area contributed by atoms with Gasteiger partial charge in [-0.2, -0.15) is 0 Å². The number of carbonyl (C=O) groups excluding carboxylic acids is 1. The molecule has 6 nitrogen and oxygen atoms in total. The molecule has 5 unspecified atom stereocenters. The van der Waals surface area contributed by atoms with Crippen molar-refractivity contribution in [3.05, 3.63) is 59.0 Å². The Labute approximate surface area is 192 Å². The Morgan fingerprint density at radius 2 is 2.06 bits per heavy atom. The summed E-state index contributed by atoms with van der Waals surface area (Å²) in [7, 11) is 0. The van der Waals surface area contributed by atoms with Crippen LogP contribution in [0.3, 0.4) is 0 Å². The number of benzene rings is 2. The molecule has 0 radical (unpaired) electrons. The summed E-state index contributed by atoms with van der Waals surface area (Å²) in [5.74, 6) is 1.82. The molecule has 0 bridgehead atoms. The van der Waals surface area contributed by atoms with E-state index in [-0.39, 0.29) is 18.2 Å². The molecule has 32 heavy (non-hydrogen) atoms. The van der Waals surface area contributed by atoms with Gasteiger partial charge in [0.1, 0.15) is 24.7 Å². The van der Waals surface area contributed by atoms with E-state index in [0.29, 0.717) is 23.3 Å². The summed E-state index contributed by atoms with van der Waals surface area (Å²) in [6.07, 6.45) is 9.05. The second kappa shape index (κ2) is 9.27. The number of rotatable bonds is 7. The molecule has 0 saturated carbocycles. The van der Waals surface area contributed by atoms with E-state index < -0.39 is 5.56 Å². The van der Waals surface area contributed by atoms with Crippen LogP contribution in [-0.2, 0) is 9.53 Å². The number of epoxide rings is 1. The number of aliphatic hydroxyl groups is 1. The molecule has 3 aliphatic rings. The van der Waals surface area contributed by atoms with Crippen LogP contribution in [-0.4, -0.2) is 42.1 Å². The number of hydrogen-bond acceptors (Lipinski definition) is 6. The van der Waals surface area contributed by atoms with E-state index in [9.17, 15) is 9.90 Å². The zero-order valence-electron chi connectivity index (χ0n) is 18.0. The van der Waals surface area contributed by atoms with Gasteiger partial charge in [-0.3, -0.25) is 10.1 Å². The van der Waals surface area contributed by atoms with Crippen LogP contribution in [0.5, 0.6) is 5.75 Å². The minimum absolute atomic E-state index is 0.0575. The molecule has 0 aromatic heterocycles. The highest BCUT2D eigenvalue weighted by Crippen LogP contribution is 2.34. The minimum atomic E-state index is -0.889. The number of nitrogens with one attached hydrogen (secondary N) is 2. The van der Waals surface area contributed by atoms with Crippen LogP contribution in [0.2, 0.25) is 0 Å². The average Bonchev–Trinajstić information content (AvgIpc) is 3.48. The molecule has 2 heterocycles. The summed E-state index contributed by atoms with van der Waals surface area (Å²) in [4.78, 5) is 12.5. The van der Waals surface area contributed by atoms with Gasteiger partial charge in [-0.25, -0.2) is 0 Å². The fraction of sp³-hybridized carbons (Fsp3) is 0.400. The lowest BCUT2D eigenvalue weighted by atomic mass is 9.90. The van der Waals surface area contributed by atoms with Crippen LogP contribution in [0.25, 0.3) is 16.8 Å². The highest BCUT2D eigenvalue weighted by atomic mass is 32.2. The van der Waals surface area contributed by atoms with E-state index in [2.05, 4.69) is 29.7 Å². The Morgan fingerprint density at radius 1 is 1.22 bits per heavy atom. The first-order chi connectivity index (χ1) is 15.6. The molecule has 7 heteroatoms. The van der Waals surface area contributed by atoms with Crippen molar-refractivity contribution < 1.29 is 19.4 Å². The van der Waals surface area contributed by atoms with Crippen molar-refractivity contribution in [3.8, 4) is 5.75 Å². The first-order valence-corrected chi connectivity index (χ1v) is 12.0. The topological polar surface area (TPSA) is 83.1 Å². The highest BCUT2D eigenvalue weighted by Gasteiger charge is 2.39. The van der Waals surface area contributed by atoms with Crippen molar-refractivity contribution in [2.24, 2.45) is 11.8 Å². The quantitative estimate of drug-likeness (QED) is 0.338. The summed E-state index contributed by atoms with van der Waals surface area (Å²) < 4.78 is 11.9. The molecule has 0 spiro atoms. The summed E-state index contributed by atoms with van der Waals surface area (Å²) in [5.41, 5.74) is 0.0252. The number of hydrogen-bond donors (Lipinski definition) is 3.